The first-order chi connectivity index (χ1) is 16.2. The van der Waals surface area contributed by atoms with E-state index in [1.165, 1.54) is 29.8 Å². The maximum atomic E-state index is 13.5. The van der Waals surface area contributed by atoms with Gasteiger partial charge in [0.15, 0.2) is 5.65 Å². The Balaban J connectivity index is 1.78. The number of alkyl halides is 2. The van der Waals surface area contributed by atoms with Gasteiger partial charge in [-0.15, -0.1) is 5.10 Å². The number of rotatable bonds is 6. The number of carbonyl (C=O) groups is 1. The first-order valence-electron chi connectivity index (χ1n) is 9.96. The quantitative estimate of drug-likeness (QED) is 0.283. The fraction of sp³-hybridized carbons (Fsp3) is 0.190. The third-order valence-electron chi connectivity index (χ3n) is 4.79. The maximum Gasteiger partial charge on any atom is 0.282 e. The van der Waals surface area contributed by atoms with Gasteiger partial charge < -0.3 is 5.32 Å². The molecule has 0 aliphatic heterocycles. The lowest BCUT2D eigenvalue weighted by molar-refractivity contribution is 0.0950. The number of fused-ring (bicyclic) bond motifs is 1. The molecule has 4 aromatic heterocycles. The molecule has 0 aliphatic rings. The molecule has 4 aromatic rings. The van der Waals surface area contributed by atoms with E-state index in [0.29, 0.717) is 5.69 Å². The number of hydrogen-bond donors (Lipinski definition) is 3. The van der Waals surface area contributed by atoms with Gasteiger partial charge in [0.2, 0.25) is 0 Å². The molecular weight excluding hydrogens is 464 g/mol. The van der Waals surface area contributed by atoms with Gasteiger partial charge in [-0.2, -0.15) is 0 Å². The summed E-state index contributed by atoms with van der Waals surface area (Å²) in [5, 5.41) is 26.3. The third kappa shape index (κ3) is 4.69. The average Bonchev–Trinajstić information content (AvgIpc) is 3.45. The minimum atomic E-state index is -2.86. The number of halogens is 2. The Bertz CT molecular complexity index is 1400. The van der Waals surface area contributed by atoms with E-state index < -0.39 is 18.0 Å². The molecule has 0 radical (unpaired) electrons. The van der Waals surface area contributed by atoms with Crippen molar-refractivity contribution in [2.75, 3.05) is 0 Å². The van der Waals surface area contributed by atoms with E-state index in [1.807, 2.05) is 19.1 Å². The standard InChI is InChI=1S/C21H19F2N9OS/c1-11-3-4-13(6-26-11)7-28-21(33)14-5-15(32-16(18(22)23)9-29-30-32)20-27-8-17(31(20)10-14)19(25)34-12(2)24/h3-6,8-10,18,24-25H,7H2,1-2H3,(H,28,33). The summed E-state index contributed by atoms with van der Waals surface area (Å²) in [7, 11) is 0. The van der Waals surface area contributed by atoms with Gasteiger partial charge in [0.05, 0.1) is 28.7 Å². The lowest BCUT2D eigenvalue weighted by atomic mass is 10.2. The highest BCUT2D eigenvalue weighted by atomic mass is 32.2. The van der Waals surface area contributed by atoms with Crippen molar-refractivity contribution >= 4 is 33.4 Å². The highest BCUT2D eigenvalue weighted by Gasteiger charge is 2.22. The number of aryl methyl sites for hydroxylation is 1. The second kappa shape index (κ2) is 9.47. The molecule has 1 amide bonds. The van der Waals surface area contributed by atoms with E-state index in [4.69, 9.17) is 10.8 Å². The van der Waals surface area contributed by atoms with E-state index in [1.54, 1.807) is 6.20 Å². The van der Waals surface area contributed by atoms with Crippen LogP contribution >= 0.6 is 11.8 Å². The Hall–Kier alpha value is -4.00. The summed E-state index contributed by atoms with van der Waals surface area (Å²) in [6.45, 7) is 3.60. The maximum absolute atomic E-state index is 13.5. The van der Waals surface area contributed by atoms with Crippen LogP contribution in [0.2, 0.25) is 0 Å². The van der Waals surface area contributed by atoms with Crippen LogP contribution < -0.4 is 5.32 Å². The number of aromatic nitrogens is 6. The number of amides is 1. The van der Waals surface area contributed by atoms with Gasteiger partial charge >= 0.3 is 0 Å². The van der Waals surface area contributed by atoms with Gasteiger partial charge in [0.25, 0.3) is 12.3 Å². The van der Waals surface area contributed by atoms with Crippen LogP contribution in [-0.2, 0) is 6.54 Å². The van der Waals surface area contributed by atoms with Crippen LogP contribution in [0.15, 0.2) is 43.0 Å². The average molecular weight is 484 g/mol. The second-order valence-electron chi connectivity index (χ2n) is 7.30. The van der Waals surface area contributed by atoms with Gasteiger partial charge in [-0.25, -0.2) is 18.4 Å². The molecule has 0 bridgehead atoms. The smallest absolute Gasteiger partial charge is 0.282 e. The molecule has 34 heavy (non-hydrogen) atoms. The van der Waals surface area contributed by atoms with Gasteiger partial charge in [0, 0.05) is 24.6 Å². The van der Waals surface area contributed by atoms with Crippen molar-refractivity contribution in [1.29, 1.82) is 10.8 Å². The van der Waals surface area contributed by atoms with Crippen LogP contribution in [0.1, 0.15) is 46.4 Å². The SMILES string of the molecule is CC(=N)SC(=N)c1cnc2c(-n3nncc3C(F)F)cc(C(=O)NCc3ccc(C)nc3)cn12. The monoisotopic (exact) mass is 483 g/mol. The first kappa shape index (κ1) is 23.2. The predicted molar refractivity (Wildman–Crippen MR) is 123 cm³/mol. The molecule has 0 spiro atoms. The largest absolute Gasteiger partial charge is 0.348 e. The Morgan fingerprint density at radius 1 is 1.21 bits per heavy atom. The van der Waals surface area contributed by atoms with E-state index in [2.05, 4.69) is 25.6 Å². The Morgan fingerprint density at radius 3 is 2.68 bits per heavy atom. The van der Waals surface area contributed by atoms with Crippen molar-refractivity contribution < 1.29 is 13.6 Å². The van der Waals surface area contributed by atoms with Crippen molar-refractivity contribution in [2.24, 2.45) is 0 Å². The fourth-order valence-corrected chi connectivity index (χ4v) is 3.75. The van der Waals surface area contributed by atoms with Crippen LogP contribution in [0, 0.1) is 17.7 Å². The van der Waals surface area contributed by atoms with E-state index in [-0.39, 0.29) is 33.5 Å². The molecule has 0 aromatic carbocycles. The molecule has 0 aliphatic carbocycles. The molecule has 10 nitrogen and oxygen atoms in total. The molecular formula is C21H19F2N9OS. The topological polar surface area (TPSA) is 138 Å². The van der Waals surface area contributed by atoms with Crippen molar-refractivity contribution in [2.45, 2.75) is 26.8 Å². The number of thioether (sulfide) groups is 1. The highest BCUT2D eigenvalue weighted by Crippen LogP contribution is 2.26. The Labute approximate surface area is 196 Å². The second-order valence-corrected chi connectivity index (χ2v) is 8.53. The fourth-order valence-electron chi connectivity index (χ4n) is 3.19. The minimum absolute atomic E-state index is 0.0157. The zero-order valence-electron chi connectivity index (χ0n) is 18.1. The number of imidazole rings is 1. The number of carbonyl (C=O) groups excluding carboxylic acids is 1. The van der Waals surface area contributed by atoms with Crippen LogP contribution in [-0.4, -0.2) is 45.4 Å². The number of pyridine rings is 2. The van der Waals surface area contributed by atoms with E-state index >= 15 is 0 Å². The van der Waals surface area contributed by atoms with Crippen LogP contribution in [0.3, 0.4) is 0 Å². The molecule has 174 valence electrons. The van der Waals surface area contributed by atoms with Gasteiger partial charge in [-0.05, 0) is 31.5 Å². The third-order valence-corrected chi connectivity index (χ3v) is 5.51. The summed E-state index contributed by atoms with van der Waals surface area (Å²) in [5.41, 5.74) is 1.92. The Morgan fingerprint density at radius 2 is 2.00 bits per heavy atom. The lowest BCUT2D eigenvalue weighted by Gasteiger charge is -2.12. The molecule has 4 heterocycles. The van der Waals surface area contributed by atoms with Gasteiger partial charge in [0.1, 0.15) is 16.4 Å². The summed E-state index contributed by atoms with van der Waals surface area (Å²) in [6.07, 6.45) is 2.59. The molecule has 3 N–H and O–H groups in total. The van der Waals surface area contributed by atoms with Crippen molar-refractivity contribution in [1.82, 2.24) is 34.7 Å². The molecule has 4 rings (SSSR count). The van der Waals surface area contributed by atoms with Crippen molar-refractivity contribution in [3.63, 3.8) is 0 Å². The number of nitrogens with one attached hydrogen (secondary N) is 3. The summed E-state index contributed by atoms with van der Waals surface area (Å²) >= 11 is 0.905. The predicted octanol–water partition coefficient (Wildman–Crippen LogP) is 3.54. The van der Waals surface area contributed by atoms with E-state index in [9.17, 15) is 13.6 Å². The van der Waals surface area contributed by atoms with Crippen LogP contribution in [0.4, 0.5) is 8.78 Å². The molecule has 0 saturated carbocycles. The molecule has 0 unspecified atom stereocenters. The molecule has 0 fully saturated rings. The number of nitrogens with zero attached hydrogens (tertiary/aromatic N) is 6. The van der Waals surface area contributed by atoms with Gasteiger partial charge in [-0.1, -0.05) is 23.0 Å². The molecule has 0 saturated heterocycles. The Kier molecular flexibility index (Phi) is 6.45. The van der Waals surface area contributed by atoms with Gasteiger partial charge in [-0.3, -0.25) is 25.0 Å². The lowest BCUT2D eigenvalue weighted by Crippen LogP contribution is -2.24. The zero-order chi connectivity index (χ0) is 24.4. The number of hydrogen-bond acceptors (Lipinski definition) is 8. The van der Waals surface area contributed by atoms with Crippen LogP contribution in [0.25, 0.3) is 11.3 Å². The van der Waals surface area contributed by atoms with E-state index in [0.717, 1.165) is 33.9 Å². The summed E-state index contributed by atoms with van der Waals surface area (Å²) < 4.78 is 29.5. The zero-order valence-corrected chi connectivity index (χ0v) is 18.9. The summed E-state index contributed by atoms with van der Waals surface area (Å²) in [6, 6.07) is 5.07. The van der Waals surface area contributed by atoms with Crippen LogP contribution in [0.5, 0.6) is 0 Å². The molecule has 13 heteroatoms. The highest BCUT2D eigenvalue weighted by molar-refractivity contribution is 8.26. The molecule has 0 atom stereocenters. The normalized spacial score (nSPS) is 11.2. The minimum Gasteiger partial charge on any atom is -0.348 e. The summed E-state index contributed by atoms with van der Waals surface area (Å²) in [5.74, 6) is -0.468. The first-order valence-corrected chi connectivity index (χ1v) is 10.8. The summed E-state index contributed by atoms with van der Waals surface area (Å²) in [4.78, 5) is 21.5. The van der Waals surface area contributed by atoms with Crippen molar-refractivity contribution in [3.8, 4) is 5.69 Å². The van der Waals surface area contributed by atoms with Crippen molar-refractivity contribution in [3.05, 3.63) is 71.2 Å².